The summed E-state index contributed by atoms with van der Waals surface area (Å²) in [6.45, 7) is 0.213. The summed E-state index contributed by atoms with van der Waals surface area (Å²) in [5.74, 6) is -0.505. The number of aryl methyl sites for hydroxylation is 1. The normalized spacial score (nSPS) is 10.4. The Hall–Kier alpha value is -2.00. The molecule has 0 unspecified atom stereocenters. The predicted molar refractivity (Wildman–Crippen MR) is 64.3 cm³/mol. The summed E-state index contributed by atoms with van der Waals surface area (Å²) in [5.41, 5.74) is 0. The van der Waals surface area contributed by atoms with Crippen LogP contribution in [-0.4, -0.2) is 61.8 Å². The molecule has 0 saturated carbocycles. The van der Waals surface area contributed by atoms with E-state index in [1.165, 1.54) is 22.0 Å². The molecule has 0 aromatic carbocycles. The van der Waals surface area contributed by atoms with E-state index in [0.29, 0.717) is 0 Å². The third-order valence-electron chi connectivity index (χ3n) is 2.48. The number of aliphatic hydroxyl groups excluding tert-OH is 2. The molecule has 0 atom stereocenters. The number of aromatic nitrogens is 2. The minimum absolute atomic E-state index is 0.119. The minimum Gasteiger partial charge on any atom is -0.395 e. The number of hydrogen-bond acceptors (Lipinski definition) is 6. The van der Waals surface area contributed by atoms with E-state index >= 15 is 0 Å². The van der Waals surface area contributed by atoms with Crippen molar-refractivity contribution < 1.29 is 19.9 Å². The van der Waals surface area contributed by atoms with E-state index in [1.807, 2.05) is 0 Å². The van der Waals surface area contributed by atoms with Crippen LogP contribution in [0.15, 0.2) is 12.5 Å². The summed E-state index contributed by atoms with van der Waals surface area (Å²) in [6.07, 6.45) is 2.65. The van der Waals surface area contributed by atoms with E-state index in [-0.39, 0.29) is 51.0 Å². The molecule has 2 N–H and O–H groups in total. The SMILES string of the molecule is O=C(CCn1cnc([N+](=O)[O-])c1)N(CCO)CCO. The first-order valence-corrected chi connectivity index (χ1v) is 5.74. The number of nitro groups is 1. The average Bonchev–Trinajstić information content (AvgIpc) is 2.84. The van der Waals surface area contributed by atoms with Crippen molar-refractivity contribution in [2.75, 3.05) is 26.3 Å². The number of nitrogens with zero attached hydrogens (tertiary/aromatic N) is 4. The maximum absolute atomic E-state index is 11.8. The fourth-order valence-corrected chi connectivity index (χ4v) is 1.55. The molecule has 9 heteroatoms. The van der Waals surface area contributed by atoms with E-state index in [9.17, 15) is 14.9 Å². The molecule has 0 radical (unpaired) electrons. The first-order valence-electron chi connectivity index (χ1n) is 5.74. The van der Waals surface area contributed by atoms with Crippen molar-refractivity contribution in [1.29, 1.82) is 0 Å². The molecular weight excluding hydrogens is 256 g/mol. The monoisotopic (exact) mass is 272 g/mol. The lowest BCUT2D eigenvalue weighted by Gasteiger charge is -2.20. The van der Waals surface area contributed by atoms with Gasteiger partial charge in [0.2, 0.25) is 12.2 Å². The van der Waals surface area contributed by atoms with E-state index in [0.717, 1.165) is 0 Å². The Morgan fingerprint density at radius 1 is 1.42 bits per heavy atom. The second-order valence-electron chi connectivity index (χ2n) is 3.80. The van der Waals surface area contributed by atoms with Crippen LogP contribution in [0.3, 0.4) is 0 Å². The molecule has 1 rings (SSSR count). The van der Waals surface area contributed by atoms with Crippen molar-refractivity contribution in [1.82, 2.24) is 14.5 Å². The number of hydrogen-bond donors (Lipinski definition) is 2. The number of rotatable bonds is 8. The van der Waals surface area contributed by atoms with E-state index < -0.39 is 4.92 Å². The Morgan fingerprint density at radius 2 is 2.05 bits per heavy atom. The summed E-state index contributed by atoms with van der Waals surface area (Å²) < 4.78 is 1.45. The van der Waals surface area contributed by atoms with Crippen molar-refractivity contribution in [3.8, 4) is 0 Å². The van der Waals surface area contributed by atoms with Crippen LogP contribution in [-0.2, 0) is 11.3 Å². The van der Waals surface area contributed by atoms with Crippen LogP contribution in [0.5, 0.6) is 0 Å². The standard InChI is InChI=1S/C10H16N4O5/c15-5-3-13(4-6-16)10(17)1-2-12-7-9(11-8-12)14(18)19/h7-8,15-16H,1-6H2. The second-order valence-corrected chi connectivity index (χ2v) is 3.80. The Balaban J connectivity index is 2.49. The summed E-state index contributed by atoms with van der Waals surface area (Å²) in [5, 5.41) is 28.0. The lowest BCUT2D eigenvalue weighted by atomic mass is 10.3. The molecular formula is C10H16N4O5. The second kappa shape index (κ2) is 7.44. The largest absolute Gasteiger partial charge is 0.395 e. The molecule has 0 aliphatic rings. The molecule has 106 valence electrons. The highest BCUT2D eigenvalue weighted by Gasteiger charge is 2.14. The quantitative estimate of drug-likeness (QED) is 0.462. The summed E-state index contributed by atoms with van der Waals surface area (Å²) in [6, 6.07) is 0. The van der Waals surface area contributed by atoms with Gasteiger partial charge in [-0.1, -0.05) is 0 Å². The first-order chi connectivity index (χ1) is 9.08. The predicted octanol–water partition coefficient (Wildman–Crippen LogP) is -1.01. The smallest absolute Gasteiger partial charge is 0.381 e. The van der Waals surface area contributed by atoms with Gasteiger partial charge < -0.3 is 29.8 Å². The van der Waals surface area contributed by atoms with Crippen LogP contribution in [0.4, 0.5) is 5.82 Å². The van der Waals surface area contributed by atoms with Crippen molar-refractivity contribution in [2.45, 2.75) is 13.0 Å². The Bertz CT molecular complexity index is 427. The van der Waals surface area contributed by atoms with E-state index in [2.05, 4.69) is 4.98 Å². The van der Waals surface area contributed by atoms with Crippen LogP contribution in [0.25, 0.3) is 0 Å². The summed E-state index contributed by atoms with van der Waals surface area (Å²) in [4.78, 5) is 26.5. The van der Waals surface area contributed by atoms with Gasteiger partial charge in [-0.25, -0.2) is 0 Å². The summed E-state index contributed by atoms with van der Waals surface area (Å²) in [7, 11) is 0. The number of amides is 1. The molecule has 0 spiro atoms. The number of imidazole rings is 1. The maximum atomic E-state index is 11.8. The van der Waals surface area contributed by atoms with Gasteiger partial charge in [-0.15, -0.1) is 0 Å². The molecule has 0 aliphatic carbocycles. The molecule has 0 saturated heterocycles. The third kappa shape index (κ3) is 4.64. The van der Waals surface area contributed by atoms with Gasteiger partial charge in [0.25, 0.3) is 0 Å². The van der Waals surface area contributed by atoms with Crippen LogP contribution in [0, 0.1) is 10.1 Å². The van der Waals surface area contributed by atoms with Crippen LogP contribution in [0.2, 0.25) is 0 Å². The van der Waals surface area contributed by atoms with Gasteiger partial charge in [0.15, 0.2) is 0 Å². The van der Waals surface area contributed by atoms with Gasteiger partial charge in [0, 0.05) is 26.1 Å². The maximum Gasteiger partial charge on any atom is 0.381 e. The Kier molecular flexibility index (Phi) is 5.90. The molecule has 9 nitrogen and oxygen atoms in total. The topological polar surface area (TPSA) is 122 Å². The van der Waals surface area contributed by atoms with Crippen LogP contribution >= 0.6 is 0 Å². The number of aliphatic hydroxyl groups is 2. The lowest BCUT2D eigenvalue weighted by molar-refractivity contribution is -0.389. The molecule has 0 fully saturated rings. The van der Waals surface area contributed by atoms with Gasteiger partial charge in [0.05, 0.1) is 13.2 Å². The minimum atomic E-state index is -0.609. The van der Waals surface area contributed by atoms with Gasteiger partial charge in [0.1, 0.15) is 6.20 Å². The molecule has 19 heavy (non-hydrogen) atoms. The zero-order valence-corrected chi connectivity index (χ0v) is 10.3. The summed E-state index contributed by atoms with van der Waals surface area (Å²) >= 11 is 0. The fraction of sp³-hybridized carbons (Fsp3) is 0.600. The van der Waals surface area contributed by atoms with Crippen LogP contribution < -0.4 is 0 Å². The molecule has 1 heterocycles. The highest BCUT2D eigenvalue weighted by molar-refractivity contribution is 5.76. The fourth-order valence-electron chi connectivity index (χ4n) is 1.55. The number of carbonyl (C=O) groups is 1. The molecule has 0 bridgehead atoms. The van der Waals surface area contributed by atoms with Crippen molar-refractivity contribution in [3.05, 3.63) is 22.6 Å². The van der Waals surface area contributed by atoms with Gasteiger partial charge in [-0.05, 0) is 9.91 Å². The van der Waals surface area contributed by atoms with Crippen LogP contribution in [0.1, 0.15) is 6.42 Å². The van der Waals surface area contributed by atoms with Crippen molar-refractivity contribution in [2.24, 2.45) is 0 Å². The zero-order chi connectivity index (χ0) is 14.3. The average molecular weight is 272 g/mol. The van der Waals surface area contributed by atoms with Crippen molar-refractivity contribution in [3.63, 3.8) is 0 Å². The van der Waals surface area contributed by atoms with Gasteiger partial charge in [-0.2, -0.15) is 0 Å². The molecule has 1 amide bonds. The zero-order valence-electron chi connectivity index (χ0n) is 10.3. The Labute approximate surface area is 109 Å². The molecule has 1 aromatic heterocycles. The van der Waals surface area contributed by atoms with Crippen molar-refractivity contribution >= 4 is 11.7 Å². The molecule has 1 aromatic rings. The molecule has 0 aliphatic heterocycles. The van der Waals surface area contributed by atoms with E-state index in [1.54, 1.807) is 0 Å². The number of carbonyl (C=O) groups excluding carboxylic acids is 1. The highest BCUT2D eigenvalue weighted by atomic mass is 16.6. The van der Waals surface area contributed by atoms with Gasteiger partial charge >= 0.3 is 5.82 Å². The van der Waals surface area contributed by atoms with E-state index in [4.69, 9.17) is 10.2 Å². The lowest BCUT2D eigenvalue weighted by Crippen LogP contribution is -2.36. The van der Waals surface area contributed by atoms with Gasteiger partial charge in [-0.3, -0.25) is 4.79 Å². The third-order valence-corrected chi connectivity index (χ3v) is 2.48. The Morgan fingerprint density at radius 3 is 2.53 bits per heavy atom. The highest BCUT2D eigenvalue weighted by Crippen LogP contribution is 2.06. The first kappa shape index (κ1) is 15.1.